The summed E-state index contributed by atoms with van der Waals surface area (Å²) in [7, 11) is 0. The predicted molar refractivity (Wildman–Crippen MR) is 111 cm³/mol. The van der Waals surface area contributed by atoms with Crippen LogP contribution >= 0.6 is 11.3 Å². The average Bonchev–Trinajstić information content (AvgIpc) is 3.30. The Morgan fingerprint density at radius 1 is 1.29 bits per heavy atom. The van der Waals surface area contributed by atoms with Crippen molar-refractivity contribution in [2.24, 2.45) is 11.8 Å². The van der Waals surface area contributed by atoms with Crippen LogP contribution in [0.25, 0.3) is 16.0 Å². The minimum absolute atomic E-state index is 0.0105. The lowest BCUT2D eigenvalue weighted by Crippen LogP contribution is -2.38. The van der Waals surface area contributed by atoms with Gasteiger partial charge >= 0.3 is 0 Å². The van der Waals surface area contributed by atoms with Crippen molar-refractivity contribution in [2.75, 3.05) is 13.1 Å². The maximum absolute atomic E-state index is 12.9. The molecule has 0 radical (unpaired) electrons. The van der Waals surface area contributed by atoms with Gasteiger partial charge in [-0.3, -0.25) is 18.6 Å². The van der Waals surface area contributed by atoms with E-state index in [9.17, 15) is 9.59 Å². The Hall–Kier alpha value is -2.22. The fraction of sp³-hybridized carbons (Fsp3) is 0.600. The highest BCUT2D eigenvalue weighted by atomic mass is 32.1. The van der Waals surface area contributed by atoms with Gasteiger partial charge in [0.2, 0.25) is 11.7 Å². The summed E-state index contributed by atoms with van der Waals surface area (Å²) in [5, 5.41) is 10.6. The van der Waals surface area contributed by atoms with Crippen LogP contribution in [-0.2, 0) is 17.8 Å². The molecule has 1 fully saturated rings. The first kappa shape index (κ1) is 19.1. The lowest BCUT2D eigenvalue weighted by molar-refractivity contribution is -0.132. The van der Waals surface area contributed by atoms with E-state index in [0.29, 0.717) is 41.7 Å². The molecule has 0 N–H and O–H groups in total. The number of rotatable bonds is 5. The van der Waals surface area contributed by atoms with E-state index in [1.54, 1.807) is 4.57 Å². The number of hydrogen-bond donors (Lipinski definition) is 0. The molecule has 1 aliphatic rings. The van der Waals surface area contributed by atoms with Gasteiger partial charge in [-0.05, 0) is 36.1 Å². The maximum Gasteiger partial charge on any atom is 0.272 e. The molecule has 1 saturated heterocycles. The van der Waals surface area contributed by atoms with Gasteiger partial charge in [-0.2, -0.15) is 0 Å². The summed E-state index contributed by atoms with van der Waals surface area (Å²) in [4.78, 5) is 27.5. The summed E-state index contributed by atoms with van der Waals surface area (Å²) < 4.78 is 4.39. The summed E-state index contributed by atoms with van der Waals surface area (Å²) in [6.45, 7) is 8.70. The summed E-state index contributed by atoms with van der Waals surface area (Å²) >= 11 is 1.44. The van der Waals surface area contributed by atoms with Crippen molar-refractivity contribution in [1.82, 2.24) is 24.1 Å². The van der Waals surface area contributed by atoms with Crippen molar-refractivity contribution in [3.8, 4) is 0 Å². The average molecular weight is 402 g/mol. The van der Waals surface area contributed by atoms with E-state index >= 15 is 0 Å². The van der Waals surface area contributed by atoms with Crippen LogP contribution in [0.5, 0.6) is 0 Å². The van der Waals surface area contributed by atoms with E-state index in [1.807, 2.05) is 20.7 Å². The normalized spacial score (nSPS) is 15.9. The van der Waals surface area contributed by atoms with Crippen LogP contribution in [0, 0.1) is 11.8 Å². The summed E-state index contributed by atoms with van der Waals surface area (Å²) in [5.41, 5.74) is 0.827. The summed E-state index contributed by atoms with van der Waals surface area (Å²) in [5.74, 6) is 2.52. The number of thiophene rings is 1. The zero-order valence-corrected chi connectivity index (χ0v) is 17.5. The molecule has 0 spiro atoms. The molecule has 7 nitrogen and oxygen atoms in total. The monoisotopic (exact) mass is 401 g/mol. The van der Waals surface area contributed by atoms with Gasteiger partial charge in [-0.1, -0.05) is 20.8 Å². The quantitative estimate of drug-likeness (QED) is 0.659. The van der Waals surface area contributed by atoms with Crippen LogP contribution in [0.2, 0.25) is 0 Å². The number of hydrogen-bond acceptors (Lipinski definition) is 5. The smallest absolute Gasteiger partial charge is 0.272 e. The molecule has 3 aromatic rings. The first-order chi connectivity index (χ1) is 13.5. The molecular formula is C20H27N5O2S. The third-order valence-electron chi connectivity index (χ3n) is 5.53. The zero-order chi connectivity index (χ0) is 19.8. The molecule has 1 aliphatic heterocycles. The molecule has 4 rings (SSSR count). The number of fused-ring (bicyclic) bond motifs is 3. The van der Waals surface area contributed by atoms with Gasteiger partial charge in [0.25, 0.3) is 5.56 Å². The fourth-order valence-electron chi connectivity index (χ4n) is 3.91. The molecule has 3 aromatic heterocycles. The molecule has 8 heteroatoms. The third kappa shape index (κ3) is 3.45. The second kappa shape index (κ2) is 7.66. The van der Waals surface area contributed by atoms with E-state index in [4.69, 9.17) is 0 Å². The number of aromatic nitrogens is 4. The molecule has 150 valence electrons. The molecule has 0 bridgehead atoms. The summed E-state index contributed by atoms with van der Waals surface area (Å²) in [6.07, 6.45) is 3.11. The minimum atomic E-state index is -0.0105. The van der Waals surface area contributed by atoms with Crippen LogP contribution in [0.1, 0.15) is 45.9 Å². The van der Waals surface area contributed by atoms with Crippen molar-refractivity contribution < 1.29 is 4.79 Å². The van der Waals surface area contributed by atoms with Crippen LogP contribution in [0.4, 0.5) is 0 Å². The first-order valence-electron chi connectivity index (χ1n) is 10.1. The number of aryl methyl sites for hydroxylation is 1. The molecule has 28 heavy (non-hydrogen) atoms. The van der Waals surface area contributed by atoms with Gasteiger partial charge in [0.1, 0.15) is 10.5 Å². The molecule has 4 heterocycles. The van der Waals surface area contributed by atoms with E-state index in [1.165, 1.54) is 11.3 Å². The molecule has 0 aliphatic carbocycles. The Balaban J connectivity index is 1.64. The predicted octanol–water partition coefficient (Wildman–Crippen LogP) is 2.95. The maximum atomic E-state index is 12.9. The number of carbonyl (C=O) groups is 1. The molecule has 0 unspecified atom stereocenters. The van der Waals surface area contributed by atoms with Gasteiger partial charge < -0.3 is 4.90 Å². The van der Waals surface area contributed by atoms with E-state index in [-0.39, 0.29) is 11.5 Å². The zero-order valence-electron chi connectivity index (χ0n) is 16.7. The SMILES string of the molecule is CC(C)Cn1c(=O)c2sccc2n2c(CCC(=O)N3CCC(C)CC3)nnc12. The van der Waals surface area contributed by atoms with Crippen molar-refractivity contribution in [2.45, 2.75) is 53.0 Å². The van der Waals surface area contributed by atoms with Crippen molar-refractivity contribution in [3.05, 3.63) is 27.6 Å². The second-order valence-electron chi connectivity index (χ2n) is 8.26. The van der Waals surface area contributed by atoms with Gasteiger partial charge in [0.15, 0.2) is 0 Å². The number of carbonyl (C=O) groups excluding carboxylic acids is 1. The highest BCUT2D eigenvalue weighted by molar-refractivity contribution is 7.17. The van der Waals surface area contributed by atoms with Crippen LogP contribution in [0.15, 0.2) is 16.2 Å². The van der Waals surface area contributed by atoms with Crippen LogP contribution in [-0.4, -0.2) is 43.1 Å². The van der Waals surface area contributed by atoms with E-state index in [0.717, 1.165) is 37.3 Å². The highest BCUT2D eigenvalue weighted by Crippen LogP contribution is 2.21. The van der Waals surface area contributed by atoms with Crippen LogP contribution in [0.3, 0.4) is 0 Å². The molecule has 1 amide bonds. The number of piperidine rings is 1. The largest absolute Gasteiger partial charge is 0.343 e. The highest BCUT2D eigenvalue weighted by Gasteiger charge is 2.22. The van der Waals surface area contributed by atoms with E-state index < -0.39 is 0 Å². The Morgan fingerprint density at radius 3 is 2.75 bits per heavy atom. The second-order valence-corrected chi connectivity index (χ2v) is 9.18. The fourth-order valence-corrected chi connectivity index (χ4v) is 4.73. The number of amides is 1. The van der Waals surface area contributed by atoms with E-state index in [2.05, 4.69) is 31.0 Å². The number of nitrogens with zero attached hydrogens (tertiary/aromatic N) is 5. The minimum Gasteiger partial charge on any atom is -0.343 e. The van der Waals surface area contributed by atoms with Gasteiger partial charge in [-0.25, -0.2) is 0 Å². The molecule has 0 aromatic carbocycles. The Morgan fingerprint density at radius 2 is 2.04 bits per heavy atom. The molecular weight excluding hydrogens is 374 g/mol. The Bertz CT molecular complexity index is 1060. The van der Waals surface area contributed by atoms with Crippen molar-refractivity contribution >= 4 is 33.2 Å². The Labute approximate surface area is 168 Å². The van der Waals surface area contributed by atoms with Gasteiger partial charge in [0, 0.05) is 32.5 Å². The van der Waals surface area contributed by atoms with Crippen LogP contribution < -0.4 is 5.56 Å². The number of likely N-dealkylation sites (tertiary alicyclic amines) is 1. The lowest BCUT2D eigenvalue weighted by atomic mass is 9.99. The lowest BCUT2D eigenvalue weighted by Gasteiger charge is -2.30. The molecule has 0 atom stereocenters. The first-order valence-corrected chi connectivity index (χ1v) is 11.0. The standard InChI is InChI=1S/C20H27N5O2S/c1-13(2)12-24-19(27)18-15(8-11-28-18)25-16(21-22-20(24)25)4-5-17(26)23-9-6-14(3)7-10-23/h8,11,13-14H,4-7,9-10,12H2,1-3H3. The molecule has 0 saturated carbocycles. The van der Waals surface area contributed by atoms with Crippen molar-refractivity contribution in [3.63, 3.8) is 0 Å². The van der Waals surface area contributed by atoms with Crippen molar-refractivity contribution in [1.29, 1.82) is 0 Å². The van der Waals surface area contributed by atoms with Gasteiger partial charge in [0.05, 0.1) is 5.52 Å². The summed E-state index contributed by atoms with van der Waals surface area (Å²) in [6, 6.07) is 1.94. The topological polar surface area (TPSA) is 72.5 Å². The Kier molecular flexibility index (Phi) is 5.23. The van der Waals surface area contributed by atoms with Gasteiger partial charge in [-0.15, -0.1) is 21.5 Å². The third-order valence-corrected chi connectivity index (χ3v) is 6.42.